The molecule has 0 aliphatic carbocycles. The van der Waals surface area contributed by atoms with Gasteiger partial charge < -0.3 is 15.2 Å². The second kappa shape index (κ2) is 6.35. The lowest BCUT2D eigenvalue weighted by atomic mass is 10.2. The molecular formula is C11H14ClNO3. The molecule has 0 radical (unpaired) electrons. The Morgan fingerprint density at radius 3 is 2.81 bits per heavy atom. The molecule has 0 saturated carbocycles. The van der Waals surface area contributed by atoms with Gasteiger partial charge in [0.1, 0.15) is 0 Å². The molecule has 0 aromatic heterocycles. The topological polar surface area (TPSA) is 61.5 Å². The summed E-state index contributed by atoms with van der Waals surface area (Å²) in [4.78, 5) is 11.6. The molecule has 0 unspecified atom stereocenters. The van der Waals surface area contributed by atoms with Crippen LogP contribution in [0, 0.1) is 0 Å². The number of methoxy groups -OCH3 is 1. The Labute approximate surface area is 99.3 Å². The quantitative estimate of drug-likeness (QED) is 0.489. The third-order valence-corrected chi connectivity index (χ3v) is 2.25. The Bertz CT molecular complexity index is 368. The van der Waals surface area contributed by atoms with Gasteiger partial charge >= 0.3 is 5.97 Å². The second-order valence-electron chi connectivity index (χ2n) is 3.22. The van der Waals surface area contributed by atoms with Crippen LogP contribution >= 0.6 is 11.6 Å². The highest BCUT2D eigenvalue weighted by atomic mass is 35.5. The Kier molecular flexibility index (Phi) is 5.08. The van der Waals surface area contributed by atoms with Crippen LogP contribution in [-0.4, -0.2) is 26.3 Å². The summed E-state index contributed by atoms with van der Waals surface area (Å²) < 4.78 is 9.84. The molecule has 0 saturated heterocycles. The van der Waals surface area contributed by atoms with Crippen LogP contribution in [-0.2, 0) is 9.47 Å². The minimum Gasteiger partial charge on any atom is -0.462 e. The number of esters is 1. The summed E-state index contributed by atoms with van der Waals surface area (Å²) in [6, 6.07) is 4.68. The van der Waals surface area contributed by atoms with Crippen molar-refractivity contribution in [2.75, 3.05) is 26.1 Å². The van der Waals surface area contributed by atoms with E-state index in [1.165, 1.54) is 6.07 Å². The monoisotopic (exact) mass is 243 g/mol. The molecule has 88 valence electrons. The van der Waals surface area contributed by atoms with E-state index >= 15 is 0 Å². The number of hydrogen-bond acceptors (Lipinski definition) is 4. The number of nitrogens with two attached hydrogens (primary N) is 1. The summed E-state index contributed by atoms with van der Waals surface area (Å²) >= 11 is 5.86. The summed E-state index contributed by atoms with van der Waals surface area (Å²) in [7, 11) is 1.60. The van der Waals surface area contributed by atoms with Crippen LogP contribution in [0.15, 0.2) is 18.2 Å². The molecule has 5 heteroatoms. The molecule has 2 N–H and O–H groups in total. The van der Waals surface area contributed by atoms with Gasteiger partial charge in [0.2, 0.25) is 0 Å². The molecule has 0 fully saturated rings. The fourth-order valence-electron chi connectivity index (χ4n) is 1.14. The van der Waals surface area contributed by atoms with E-state index in [0.717, 1.165) is 0 Å². The maximum absolute atomic E-state index is 11.6. The highest BCUT2D eigenvalue weighted by molar-refractivity contribution is 6.33. The number of carbonyl (C=O) groups excluding carboxylic acids is 1. The van der Waals surface area contributed by atoms with Crippen molar-refractivity contribution < 1.29 is 14.3 Å². The number of halogens is 1. The van der Waals surface area contributed by atoms with Crippen molar-refractivity contribution in [1.82, 2.24) is 0 Å². The highest BCUT2D eigenvalue weighted by Crippen LogP contribution is 2.19. The highest BCUT2D eigenvalue weighted by Gasteiger charge is 2.11. The largest absolute Gasteiger partial charge is 0.462 e. The SMILES string of the molecule is COCCCOC(=O)c1ccc(N)cc1Cl. The fourth-order valence-corrected chi connectivity index (χ4v) is 1.41. The summed E-state index contributed by atoms with van der Waals surface area (Å²) in [6.45, 7) is 0.871. The van der Waals surface area contributed by atoms with Crippen molar-refractivity contribution in [3.05, 3.63) is 28.8 Å². The average Bonchev–Trinajstić information content (AvgIpc) is 2.24. The first-order chi connectivity index (χ1) is 7.65. The van der Waals surface area contributed by atoms with Gasteiger partial charge in [0.15, 0.2) is 0 Å². The van der Waals surface area contributed by atoms with Gasteiger partial charge in [-0.15, -0.1) is 0 Å². The zero-order valence-electron chi connectivity index (χ0n) is 9.03. The maximum atomic E-state index is 11.6. The number of anilines is 1. The van der Waals surface area contributed by atoms with Gasteiger partial charge in [0.25, 0.3) is 0 Å². The zero-order chi connectivity index (χ0) is 12.0. The van der Waals surface area contributed by atoms with Crippen LogP contribution in [0.5, 0.6) is 0 Å². The smallest absolute Gasteiger partial charge is 0.339 e. The Morgan fingerprint density at radius 2 is 2.19 bits per heavy atom. The molecular weight excluding hydrogens is 230 g/mol. The van der Waals surface area contributed by atoms with Gasteiger partial charge in [-0.05, 0) is 18.2 Å². The predicted octanol–water partition coefficient (Wildman–Crippen LogP) is 2.12. The van der Waals surface area contributed by atoms with Crippen molar-refractivity contribution in [3.63, 3.8) is 0 Å². The van der Waals surface area contributed by atoms with Crippen LogP contribution in [0.2, 0.25) is 5.02 Å². The Balaban J connectivity index is 2.53. The number of nitrogen functional groups attached to an aromatic ring is 1. The third kappa shape index (κ3) is 3.72. The molecule has 0 heterocycles. The molecule has 16 heavy (non-hydrogen) atoms. The lowest BCUT2D eigenvalue weighted by Gasteiger charge is -2.06. The first kappa shape index (κ1) is 12.8. The first-order valence-corrected chi connectivity index (χ1v) is 5.24. The molecule has 0 amide bonds. The number of rotatable bonds is 5. The minimum atomic E-state index is -0.443. The molecule has 1 rings (SSSR count). The predicted molar refractivity (Wildman–Crippen MR) is 62.6 cm³/mol. The number of hydrogen-bond donors (Lipinski definition) is 1. The van der Waals surface area contributed by atoms with E-state index in [0.29, 0.717) is 35.9 Å². The number of ether oxygens (including phenoxy) is 2. The van der Waals surface area contributed by atoms with Crippen LogP contribution < -0.4 is 5.73 Å². The van der Waals surface area contributed by atoms with Gasteiger partial charge in [-0.25, -0.2) is 4.79 Å². The molecule has 1 aromatic carbocycles. The van der Waals surface area contributed by atoms with Crippen LogP contribution in [0.25, 0.3) is 0 Å². The van der Waals surface area contributed by atoms with Gasteiger partial charge in [0.05, 0.1) is 17.2 Å². The standard InChI is InChI=1S/C11H14ClNO3/c1-15-5-2-6-16-11(14)9-4-3-8(13)7-10(9)12/h3-4,7H,2,5-6,13H2,1H3. The number of benzene rings is 1. The van der Waals surface area contributed by atoms with Crippen LogP contribution in [0.1, 0.15) is 16.8 Å². The van der Waals surface area contributed by atoms with E-state index in [4.69, 9.17) is 26.8 Å². The molecule has 0 aliphatic rings. The lowest BCUT2D eigenvalue weighted by Crippen LogP contribution is -2.08. The summed E-state index contributed by atoms with van der Waals surface area (Å²) in [6.07, 6.45) is 0.662. The normalized spacial score (nSPS) is 10.1. The zero-order valence-corrected chi connectivity index (χ0v) is 9.79. The molecule has 1 aromatic rings. The second-order valence-corrected chi connectivity index (χ2v) is 3.63. The van der Waals surface area contributed by atoms with E-state index in [9.17, 15) is 4.79 Å². The fraction of sp³-hybridized carbons (Fsp3) is 0.364. The summed E-state index contributed by atoms with van der Waals surface area (Å²) in [5, 5.41) is 0.303. The lowest BCUT2D eigenvalue weighted by molar-refractivity contribution is 0.0468. The summed E-state index contributed by atoms with van der Waals surface area (Å²) in [5.41, 5.74) is 6.36. The Hall–Kier alpha value is -1.26. The van der Waals surface area contributed by atoms with Crippen LogP contribution in [0.4, 0.5) is 5.69 Å². The average molecular weight is 244 g/mol. The van der Waals surface area contributed by atoms with Gasteiger partial charge in [-0.1, -0.05) is 11.6 Å². The van der Waals surface area contributed by atoms with Crippen molar-refractivity contribution in [1.29, 1.82) is 0 Å². The van der Waals surface area contributed by atoms with E-state index in [1.54, 1.807) is 19.2 Å². The molecule has 0 atom stereocenters. The van der Waals surface area contributed by atoms with Crippen molar-refractivity contribution in [2.24, 2.45) is 0 Å². The van der Waals surface area contributed by atoms with Crippen molar-refractivity contribution >= 4 is 23.3 Å². The van der Waals surface area contributed by atoms with E-state index < -0.39 is 5.97 Å². The molecule has 4 nitrogen and oxygen atoms in total. The third-order valence-electron chi connectivity index (χ3n) is 1.94. The van der Waals surface area contributed by atoms with E-state index in [1.807, 2.05) is 0 Å². The van der Waals surface area contributed by atoms with Gasteiger partial charge in [-0.2, -0.15) is 0 Å². The maximum Gasteiger partial charge on any atom is 0.339 e. The number of carbonyl (C=O) groups is 1. The van der Waals surface area contributed by atoms with Gasteiger partial charge in [-0.3, -0.25) is 0 Å². The van der Waals surface area contributed by atoms with Crippen molar-refractivity contribution in [3.8, 4) is 0 Å². The Morgan fingerprint density at radius 1 is 1.44 bits per heavy atom. The summed E-state index contributed by atoms with van der Waals surface area (Å²) in [5.74, 6) is -0.443. The van der Waals surface area contributed by atoms with Crippen molar-refractivity contribution in [2.45, 2.75) is 6.42 Å². The van der Waals surface area contributed by atoms with E-state index in [-0.39, 0.29) is 0 Å². The van der Waals surface area contributed by atoms with Crippen LogP contribution in [0.3, 0.4) is 0 Å². The van der Waals surface area contributed by atoms with Gasteiger partial charge in [0, 0.05) is 25.8 Å². The first-order valence-electron chi connectivity index (χ1n) is 4.86. The molecule has 0 bridgehead atoms. The molecule has 0 spiro atoms. The molecule has 0 aliphatic heterocycles. The minimum absolute atomic E-state index is 0.303. The van der Waals surface area contributed by atoms with E-state index in [2.05, 4.69) is 0 Å².